The van der Waals surface area contributed by atoms with Gasteiger partial charge in [0.05, 0.1) is 0 Å². The van der Waals surface area contributed by atoms with E-state index in [1.54, 1.807) is 12.1 Å². The molecule has 0 atom stereocenters. The van der Waals surface area contributed by atoms with Crippen molar-refractivity contribution >= 4 is 12.0 Å². The fourth-order valence-corrected chi connectivity index (χ4v) is 1.93. The molecule has 0 unspecified atom stereocenters. The minimum Gasteiger partial charge on any atom is -0.504 e. The summed E-state index contributed by atoms with van der Waals surface area (Å²) in [6.07, 6.45) is 14.9. The summed E-state index contributed by atoms with van der Waals surface area (Å²) in [5.74, 6) is -0.895. The lowest BCUT2D eigenvalue weighted by Gasteiger charge is -2.01. The fraction of sp³-hybridized carbons (Fsp3) is 0.167. The number of aromatic hydroxyl groups is 2. The van der Waals surface area contributed by atoms with Gasteiger partial charge in [-0.15, -0.1) is 0 Å². The summed E-state index contributed by atoms with van der Waals surface area (Å²) in [6, 6.07) is 4.30. The molecule has 0 radical (unpaired) electrons. The van der Waals surface area contributed by atoms with E-state index < -0.39 is 5.97 Å². The molecule has 0 aliphatic heterocycles. The molecule has 0 heterocycles. The number of phenols is 2. The normalized spacial score (nSPS) is 14.5. The van der Waals surface area contributed by atoms with Crippen LogP contribution in [0.1, 0.15) is 18.4 Å². The van der Waals surface area contributed by atoms with E-state index in [4.69, 9.17) is 4.74 Å². The van der Waals surface area contributed by atoms with E-state index in [1.807, 2.05) is 12.2 Å². The monoisotopic (exact) mass is 298 g/mol. The molecule has 1 aromatic rings. The van der Waals surface area contributed by atoms with Gasteiger partial charge in [-0.05, 0) is 48.3 Å². The lowest BCUT2D eigenvalue weighted by molar-refractivity contribution is -0.136. The predicted molar refractivity (Wildman–Crippen MR) is 85.4 cm³/mol. The van der Waals surface area contributed by atoms with Crippen LogP contribution in [0.3, 0.4) is 0 Å². The van der Waals surface area contributed by atoms with Crippen molar-refractivity contribution in [3.05, 3.63) is 65.8 Å². The zero-order valence-electron chi connectivity index (χ0n) is 12.1. The van der Waals surface area contributed by atoms with Crippen LogP contribution in [-0.4, -0.2) is 22.8 Å². The number of hydrogen-bond acceptors (Lipinski definition) is 4. The Balaban J connectivity index is 1.78. The van der Waals surface area contributed by atoms with Crippen molar-refractivity contribution in [2.24, 2.45) is 0 Å². The maximum Gasteiger partial charge on any atom is 0.331 e. The Hall–Kier alpha value is -2.75. The third-order valence-corrected chi connectivity index (χ3v) is 3.07. The van der Waals surface area contributed by atoms with E-state index in [9.17, 15) is 15.0 Å². The lowest BCUT2D eigenvalue weighted by Crippen LogP contribution is -2.00. The van der Waals surface area contributed by atoms with Gasteiger partial charge in [0.1, 0.15) is 6.61 Å². The molecule has 0 aromatic heterocycles. The average molecular weight is 298 g/mol. The Morgan fingerprint density at radius 1 is 1.18 bits per heavy atom. The van der Waals surface area contributed by atoms with Gasteiger partial charge in [0.25, 0.3) is 0 Å². The van der Waals surface area contributed by atoms with Crippen LogP contribution in [-0.2, 0) is 9.53 Å². The van der Waals surface area contributed by atoms with Gasteiger partial charge >= 0.3 is 5.97 Å². The van der Waals surface area contributed by atoms with Crippen LogP contribution in [0.4, 0.5) is 0 Å². The Morgan fingerprint density at radius 3 is 2.77 bits per heavy atom. The summed E-state index contributed by atoms with van der Waals surface area (Å²) in [5.41, 5.74) is 1.72. The van der Waals surface area contributed by atoms with Gasteiger partial charge in [-0.3, -0.25) is 0 Å². The van der Waals surface area contributed by atoms with Gasteiger partial charge in [0, 0.05) is 6.08 Å². The zero-order valence-corrected chi connectivity index (χ0v) is 12.1. The van der Waals surface area contributed by atoms with Crippen molar-refractivity contribution in [3.63, 3.8) is 0 Å². The molecule has 1 aliphatic rings. The first-order chi connectivity index (χ1) is 10.6. The molecule has 1 aliphatic carbocycles. The molecule has 1 aromatic carbocycles. The van der Waals surface area contributed by atoms with E-state index in [0.29, 0.717) is 5.56 Å². The van der Waals surface area contributed by atoms with Gasteiger partial charge in [0.2, 0.25) is 0 Å². The quantitative estimate of drug-likeness (QED) is 0.496. The van der Waals surface area contributed by atoms with Crippen molar-refractivity contribution in [2.45, 2.75) is 12.8 Å². The maximum absolute atomic E-state index is 11.5. The van der Waals surface area contributed by atoms with Crippen LogP contribution in [0.15, 0.2) is 60.2 Å². The molecule has 4 nitrogen and oxygen atoms in total. The number of hydrogen-bond donors (Lipinski definition) is 2. The summed E-state index contributed by atoms with van der Waals surface area (Å²) in [6.45, 7) is 0.204. The highest BCUT2D eigenvalue weighted by Crippen LogP contribution is 2.25. The van der Waals surface area contributed by atoms with Crippen molar-refractivity contribution in [3.8, 4) is 11.5 Å². The third kappa shape index (κ3) is 4.98. The topological polar surface area (TPSA) is 66.8 Å². The smallest absolute Gasteiger partial charge is 0.331 e. The van der Waals surface area contributed by atoms with Gasteiger partial charge in [0.15, 0.2) is 11.5 Å². The van der Waals surface area contributed by atoms with Crippen molar-refractivity contribution in [2.75, 3.05) is 6.61 Å². The maximum atomic E-state index is 11.5. The number of carbonyl (C=O) groups is 1. The molecule has 2 rings (SSSR count). The second kappa shape index (κ2) is 7.88. The molecule has 114 valence electrons. The van der Waals surface area contributed by atoms with Gasteiger partial charge in [-0.2, -0.15) is 0 Å². The average Bonchev–Trinajstić information content (AvgIpc) is 2.54. The van der Waals surface area contributed by atoms with Crippen LogP contribution in [0.2, 0.25) is 0 Å². The molecule has 22 heavy (non-hydrogen) atoms. The molecular weight excluding hydrogens is 280 g/mol. The lowest BCUT2D eigenvalue weighted by atomic mass is 10.1. The number of esters is 1. The van der Waals surface area contributed by atoms with Crippen LogP contribution in [0.25, 0.3) is 6.08 Å². The summed E-state index contributed by atoms with van der Waals surface area (Å²) in [7, 11) is 0. The number of benzene rings is 1. The van der Waals surface area contributed by atoms with Gasteiger partial charge in [-0.1, -0.05) is 30.4 Å². The van der Waals surface area contributed by atoms with Crippen LogP contribution in [0.5, 0.6) is 11.5 Å². The van der Waals surface area contributed by atoms with Gasteiger partial charge in [-0.25, -0.2) is 4.79 Å². The highest BCUT2D eigenvalue weighted by molar-refractivity contribution is 5.87. The number of ether oxygens (including phenoxy) is 1. The molecule has 0 fully saturated rings. The zero-order chi connectivity index (χ0) is 15.8. The number of allylic oxidation sites excluding steroid dienone is 5. The van der Waals surface area contributed by atoms with Crippen LogP contribution in [0, 0.1) is 0 Å². The first kappa shape index (κ1) is 15.6. The standard InChI is InChI=1S/C18H18O4/c19-16-10-8-15(13-17(16)20)9-11-18(21)22-12-4-7-14-5-2-1-3-6-14/h2,4-11,13,19-20H,1,3,12H2. The Kier molecular flexibility index (Phi) is 5.60. The van der Waals surface area contributed by atoms with E-state index in [2.05, 4.69) is 12.2 Å². The summed E-state index contributed by atoms with van der Waals surface area (Å²) >= 11 is 0. The second-order valence-corrected chi connectivity index (χ2v) is 4.80. The SMILES string of the molecule is O=C(C=Cc1ccc(O)c(O)c1)OCC=CC1=CCCC=C1. The third-order valence-electron chi connectivity index (χ3n) is 3.07. The summed E-state index contributed by atoms with van der Waals surface area (Å²) < 4.78 is 5.03. The molecule has 0 saturated carbocycles. The van der Waals surface area contributed by atoms with E-state index in [0.717, 1.165) is 18.4 Å². The molecular formula is C18H18O4. The minimum atomic E-state index is -0.467. The first-order valence-electron chi connectivity index (χ1n) is 7.05. The number of rotatable bonds is 5. The molecule has 0 bridgehead atoms. The number of carbonyl (C=O) groups excluding carboxylic acids is 1. The Bertz CT molecular complexity index is 651. The van der Waals surface area contributed by atoms with Crippen molar-refractivity contribution < 1.29 is 19.7 Å². The molecule has 4 heteroatoms. The number of phenolic OH excluding ortho intramolecular Hbond substituents is 2. The Morgan fingerprint density at radius 2 is 2.05 bits per heavy atom. The minimum absolute atomic E-state index is 0.198. The molecule has 0 amide bonds. The highest BCUT2D eigenvalue weighted by atomic mass is 16.5. The fourth-order valence-electron chi connectivity index (χ4n) is 1.93. The summed E-state index contributed by atoms with van der Waals surface area (Å²) in [4.78, 5) is 11.5. The first-order valence-corrected chi connectivity index (χ1v) is 7.05. The molecule has 0 saturated heterocycles. The van der Waals surface area contributed by atoms with Crippen LogP contribution >= 0.6 is 0 Å². The van der Waals surface area contributed by atoms with Crippen molar-refractivity contribution in [1.29, 1.82) is 0 Å². The highest BCUT2D eigenvalue weighted by Gasteiger charge is 1.99. The second-order valence-electron chi connectivity index (χ2n) is 4.80. The summed E-state index contributed by atoms with van der Waals surface area (Å²) in [5, 5.41) is 18.5. The van der Waals surface area contributed by atoms with Crippen LogP contribution < -0.4 is 0 Å². The van der Waals surface area contributed by atoms with E-state index >= 15 is 0 Å². The van der Waals surface area contributed by atoms with Crippen molar-refractivity contribution in [1.82, 2.24) is 0 Å². The molecule has 0 spiro atoms. The van der Waals surface area contributed by atoms with E-state index in [1.165, 1.54) is 24.3 Å². The van der Waals surface area contributed by atoms with E-state index in [-0.39, 0.29) is 18.1 Å². The molecule has 2 N–H and O–H groups in total. The van der Waals surface area contributed by atoms with Gasteiger partial charge < -0.3 is 14.9 Å². The largest absolute Gasteiger partial charge is 0.504 e. The predicted octanol–water partition coefficient (Wildman–Crippen LogP) is 3.49. The Labute approximate surface area is 129 Å².